The molecule has 3 aromatic rings. The molecule has 2 aliphatic heterocycles. The number of carbonyl (C=O) groups excluding carboxylic acids is 1. The van der Waals surface area contributed by atoms with Gasteiger partial charge in [-0.05, 0) is 68.5 Å². The van der Waals surface area contributed by atoms with Crippen LogP contribution >= 0.6 is 0 Å². The number of hydrogen-bond acceptors (Lipinski definition) is 5. The van der Waals surface area contributed by atoms with Crippen LogP contribution in [0.1, 0.15) is 54.2 Å². The van der Waals surface area contributed by atoms with Crippen LogP contribution in [0.4, 0.5) is 0 Å². The summed E-state index contributed by atoms with van der Waals surface area (Å²) in [6, 6.07) is 14.1. The lowest BCUT2D eigenvalue weighted by molar-refractivity contribution is -0.132. The van der Waals surface area contributed by atoms with Crippen LogP contribution < -0.4 is 14.2 Å². The summed E-state index contributed by atoms with van der Waals surface area (Å²) in [6.45, 7) is 6.20. The molecule has 0 N–H and O–H groups in total. The molecule has 0 radical (unpaired) electrons. The molecule has 1 aromatic heterocycles. The van der Waals surface area contributed by atoms with Crippen LogP contribution in [-0.4, -0.2) is 47.5 Å². The summed E-state index contributed by atoms with van der Waals surface area (Å²) in [5, 5.41) is 4.75. The normalized spacial score (nSPS) is 17.3. The van der Waals surface area contributed by atoms with Gasteiger partial charge in [0.05, 0.1) is 37.7 Å². The Bertz CT molecular complexity index is 1220. The molecule has 35 heavy (non-hydrogen) atoms. The quantitative estimate of drug-likeness (QED) is 0.504. The Hall–Kier alpha value is -3.48. The van der Waals surface area contributed by atoms with E-state index in [1.165, 1.54) is 0 Å². The van der Waals surface area contributed by atoms with Gasteiger partial charge in [-0.3, -0.25) is 4.79 Å². The van der Waals surface area contributed by atoms with E-state index in [4.69, 9.17) is 19.3 Å². The predicted octanol–water partition coefficient (Wildman–Crippen LogP) is 4.96. The summed E-state index contributed by atoms with van der Waals surface area (Å²) < 4.78 is 19.0. The Kier molecular flexibility index (Phi) is 6.66. The number of amides is 1. The zero-order valence-electron chi connectivity index (χ0n) is 20.8. The molecule has 0 bridgehead atoms. The van der Waals surface area contributed by atoms with E-state index in [2.05, 4.69) is 19.1 Å². The molecule has 2 aliphatic rings. The second-order valence-electron chi connectivity index (χ2n) is 9.26. The molecule has 2 aromatic carbocycles. The first kappa shape index (κ1) is 23.3. The van der Waals surface area contributed by atoms with E-state index < -0.39 is 0 Å². The van der Waals surface area contributed by atoms with Gasteiger partial charge < -0.3 is 19.1 Å². The van der Waals surface area contributed by atoms with E-state index in [1.807, 2.05) is 46.8 Å². The molecule has 7 heteroatoms. The highest BCUT2D eigenvalue weighted by molar-refractivity contribution is 5.77. The molecule has 184 valence electrons. The molecule has 0 spiro atoms. The second-order valence-corrected chi connectivity index (χ2v) is 9.26. The molecular formula is C28H33N3O4. The van der Waals surface area contributed by atoms with Crippen molar-refractivity contribution in [3.8, 4) is 22.9 Å². The second kappa shape index (κ2) is 10.0. The Morgan fingerprint density at radius 2 is 1.91 bits per heavy atom. The van der Waals surface area contributed by atoms with E-state index in [1.54, 1.807) is 7.11 Å². The topological polar surface area (TPSA) is 65.8 Å². The van der Waals surface area contributed by atoms with Gasteiger partial charge in [0.2, 0.25) is 5.91 Å². The fourth-order valence-corrected chi connectivity index (χ4v) is 5.20. The summed E-state index contributed by atoms with van der Waals surface area (Å²) in [5.41, 5.74) is 5.23. The third kappa shape index (κ3) is 4.72. The van der Waals surface area contributed by atoms with Crippen LogP contribution in [-0.2, 0) is 11.2 Å². The highest BCUT2D eigenvalue weighted by Gasteiger charge is 2.31. The maximum Gasteiger partial charge on any atom is 0.223 e. The maximum atomic E-state index is 13.4. The number of aromatic nitrogens is 2. The largest absolute Gasteiger partial charge is 0.497 e. The van der Waals surface area contributed by atoms with Gasteiger partial charge in [-0.15, -0.1) is 0 Å². The van der Waals surface area contributed by atoms with Gasteiger partial charge in [0.15, 0.2) is 11.5 Å². The van der Waals surface area contributed by atoms with Crippen molar-refractivity contribution in [2.24, 2.45) is 0 Å². The van der Waals surface area contributed by atoms with Crippen molar-refractivity contribution >= 4 is 5.91 Å². The zero-order valence-corrected chi connectivity index (χ0v) is 20.8. The van der Waals surface area contributed by atoms with E-state index in [0.717, 1.165) is 71.3 Å². The first-order chi connectivity index (χ1) is 17.0. The number of hydrogen-bond donors (Lipinski definition) is 0. The SMILES string of the molecule is COc1cccc(-n2nc(C)c(CCC(=O)N3CCC[C@H]3c3ccc4c(c3)OCCCO4)c2C)c1. The summed E-state index contributed by atoms with van der Waals surface area (Å²) in [5.74, 6) is 2.56. The third-order valence-corrected chi connectivity index (χ3v) is 7.06. The fraction of sp³-hybridized carbons (Fsp3) is 0.429. The van der Waals surface area contributed by atoms with Gasteiger partial charge in [-0.25, -0.2) is 4.68 Å². The zero-order chi connectivity index (χ0) is 24.4. The van der Waals surface area contributed by atoms with Crippen LogP contribution in [0.3, 0.4) is 0 Å². The Labute approximate surface area is 206 Å². The molecule has 3 heterocycles. The minimum atomic E-state index is 0.0846. The molecular weight excluding hydrogens is 442 g/mol. The van der Waals surface area contributed by atoms with Crippen molar-refractivity contribution in [2.45, 2.75) is 52.0 Å². The van der Waals surface area contributed by atoms with Crippen LogP contribution in [0.15, 0.2) is 42.5 Å². The first-order valence-corrected chi connectivity index (χ1v) is 12.4. The predicted molar refractivity (Wildman–Crippen MR) is 134 cm³/mol. The van der Waals surface area contributed by atoms with E-state index >= 15 is 0 Å². The standard InChI is InChI=1S/C28H33N3O4/c1-19-24(20(2)31(29-19)22-7-4-8-23(18-22)33-3)11-13-28(32)30-14-5-9-25(30)21-10-12-26-27(17-21)35-16-6-15-34-26/h4,7-8,10,12,17-18,25H,5-6,9,11,13-16H2,1-3H3/t25-/m0/s1. The molecule has 1 atom stereocenters. The summed E-state index contributed by atoms with van der Waals surface area (Å²) in [4.78, 5) is 15.4. The van der Waals surface area contributed by atoms with E-state index in [9.17, 15) is 4.79 Å². The van der Waals surface area contributed by atoms with Gasteiger partial charge in [0, 0.05) is 31.1 Å². The Morgan fingerprint density at radius 3 is 2.74 bits per heavy atom. The molecule has 5 rings (SSSR count). The van der Waals surface area contributed by atoms with Crippen molar-refractivity contribution in [3.63, 3.8) is 0 Å². The molecule has 0 saturated carbocycles. The van der Waals surface area contributed by atoms with Gasteiger partial charge >= 0.3 is 0 Å². The number of carbonyl (C=O) groups is 1. The van der Waals surface area contributed by atoms with Crippen LogP contribution in [0.5, 0.6) is 17.2 Å². The average Bonchev–Trinajstić information content (AvgIpc) is 3.39. The van der Waals surface area contributed by atoms with Crippen molar-refractivity contribution in [2.75, 3.05) is 26.9 Å². The maximum absolute atomic E-state index is 13.4. The van der Waals surface area contributed by atoms with Gasteiger partial charge in [0.1, 0.15) is 5.75 Å². The lowest BCUT2D eigenvalue weighted by Gasteiger charge is -2.26. The van der Waals surface area contributed by atoms with Gasteiger partial charge in [-0.1, -0.05) is 12.1 Å². The van der Waals surface area contributed by atoms with Crippen molar-refractivity contribution < 1.29 is 19.0 Å². The molecule has 1 fully saturated rings. The van der Waals surface area contributed by atoms with Crippen LogP contribution in [0, 0.1) is 13.8 Å². The molecule has 1 amide bonds. The lowest BCUT2D eigenvalue weighted by Crippen LogP contribution is -2.30. The molecule has 7 nitrogen and oxygen atoms in total. The average molecular weight is 476 g/mol. The van der Waals surface area contributed by atoms with Crippen LogP contribution in [0.2, 0.25) is 0 Å². The van der Waals surface area contributed by atoms with Crippen molar-refractivity contribution in [3.05, 3.63) is 65.0 Å². The third-order valence-electron chi connectivity index (χ3n) is 7.06. The highest BCUT2D eigenvalue weighted by Crippen LogP contribution is 2.38. The molecule has 0 aliphatic carbocycles. The molecule has 0 unspecified atom stereocenters. The molecule has 1 saturated heterocycles. The minimum absolute atomic E-state index is 0.0846. The smallest absolute Gasteiger partial charge is 0.223 e. The van der Waals surface area contributed by atoms with Gasteiger partial charge in [0.25, 0.3) is 0 Å². The number of ether oxygens (including phenoxy) is 3. The number of benzene rings is 2. The number of rotatable bonds is 6. The summed E-state index contributed by atoms with van der Waals surface area (Å²) in [6.07, 6.45) is 4.00. The minimum Gasteiger partial charge on any atom is -0.497 e. The van der Waals surface area contributed by atoms with Crippen molar-refractivity contribution in [1.82, 2.24) is 14.7 Å². The van der Waals surface area contributed by atoms with Crippen molar-refractivity contribution in [1.29, 1.82) is 0 Å². The first-order valence-electron chi connectivity index (χ1n) is 12.4. The Morgan fingerprint density at radius 1 is 1.09 bits per heavy atom. The Balaban J connectivity index is 1.30. The summed E-state index contributed by atoms with van der Waals surface area (Å²) in [7, 11) is 1.66. The fourth-order valence-electron chi connectivity index (χ4n) is 5.20. The highest BCUT2D eigenvalue weighted by atomic mass is 16.5. The van der Waals surface area contributed by atoms with E-state index in [0.29, 0.717) is 26.1 Å². The van der Waals surface area contributed by atoms with Crippen LogP contribution in [0.25, 0.3) is 5.69 Å². The number of nitrogens with zero attached hydrogens (tertiary/aromatic N) is 3. The number of likely N-dealkylation sites (tertiary alicyclic amines) is 1. The number of aryl methyl sites for hydroxylation is 1. The number of methoxy groups -OCH3 is 1. The van der Waals surface area contributed by atoms with E-state index in [-0.39, 0.29) is 11.9 Å². The monoisotopic (exact) mass is 475 g/mol. The summed E-state index contributed by atoms with van der Waals surface area (Å²) >= 11 is 0. The number of fused-ring (bicyclic) bond motifs is 1. The van der Waals surface area contributed by atoms with Gasteiger partial charge in [-0.2, -0.15) is 5.10 Å². The lowest BCUT2D eigenvalue weighted by atomic mass is 10.0.